The van der Waals surface area contributed by atoms with Gasteiger partial charge in [0.15, 0.2) is 5.82 Å². The Labute approximate surface area is 317 Å². The first-order valence-electron chi connectivity index (χ1n) is 19.3. The molecule has 0 atom stereocenters. The fourth-order valence-electron chi connectivity index (χ4n) is 8.97. The smallest absolute Gasteiger partial charge is 0.160 e. The van der Waals surface area contributed by atoms with Crippen LogP contribution in [-0.2, 0) is 5.41 Å². The molecule has 54 heavy (non-hydrogen) atoms. The summed E-state index contributed by atoms with van der Waals surface area (Å²) in [5.74, 6) is 0.721. The van der Waals surface area contributed by atoms with E-state index in [9.17, 15) is 0 Å². The van der Waals surface area contributed by atoms with Crippen LogP contribution in [0.2, 0.25) is 0 Å². The molecule has 2 aliphatic carbocycles. The second-order valence-corrected chi connectivity index (χ2v) is 14.9. The zero-order valence-electron chi connectivity index (χ0n) is 30.3. The highest BCUT2D eigenvalue weighted by Crippen LogP contribution is 2.56. The van der Waals surface area contributed by atoms with Crippen LogP contribution >= 0.6 is 0 Å². The minimum absolute atomic E-state index is 0.186. The topological polar surface area (TPSA) is 25.8 Å². The molecule has 2 heteroatoms. The average molecular weight is 693 g/mol. The molecule has 0 radical (unpaired) electrons. The van der Waals surface area contributed by atoms with Crippen molar-refractivity contribution in [1.29, 1.82) is 0 Å². The van der Waals surface area contributed by atoms with Crippen molar-refractivity contribution in [2.45, 2.75) is 37.5 Å². The summed E-state index contributed by atoms with van der Waals surface area (Å²) >= 11 is 0. The van der Waals surface area contributed by atoms with Gasteiger partial charge >= 0.3 is 0 Å². The Morgan fingerprint density at radius 3 is 1.44 bits per heavy atom. The Balaban J connectivity index is 0.973. The molecule has 7 aromatic carbocycles. The van der Waals surface area contributed by atoms with Crippen molar-refractivity contribution in [3.63, 3.8) is 0 Å². The highest BCUT2D eigenvalue weighted by atomic mass is 14.9. The van der Waals surface area contributed by atoms with Gasteiger partial charge in [-0.15, -0.1) is 0 Å². The molecule has 1 aromatic heterocycles. The van der Waals surface area contributed by atoms with Gasteiger partial charge in [-0.25, -0.2) is 9.97 Å². The van der Waals surface area contributed by atoms with E-state index in [0.717, 1.165) is 33.9 Å². The lowest BCUT2D eigenvalue weighted by Crippen LogP contribution is -2.27. The van der Waals surface area contributed by atoms with Gasteiger partial charge in [-0.3, -0.25) is 0 Å². The molecule has 8 aromatic rings. The van der Waals surface area contributed by atoms with E-state index in [2.05, 4.69) is 158 Å². The van der Waals surface area contributed by atoms with Crippen molar-refractivity contribution in [3.8, 4) is 78.4 Å². The molecule has 2 aliphatic rings. The zero-order chi connectivity index (χ0) is 35.9. The molecule has 258 valence electrons. The largest absolute Gasteiger partial charge is 0.228 e. The first kappa shape index (κ1) is 32.3. The molecule has 0 bridgehead atoms. The van der Waals surface area contributed by atoms with Crippen LogP contribution in [0.3, 0.4) is 0 Å². The Kier molecular flexibility index (Phi) is 8.10. The predicted octanol–water partition coefficient (Wildman–Crippen LogP) is 13.7. The molecule has 0 amide bonds. The maximum Gasteiger partial charge on any atom is 0.160 e. The summed E-state index contributed by atoms with van der Waals surface area (Å²) in [6.45, 7) is 0. The molecule has 1 spiro atoms. The second-order valence-electron chi connectivity index (χ2n) is 14.9. The Morgan fingerprint density at radius 2 is 0.778 bits per heavy atom. The van der Waals surface area contributed by atoms with Gasteiger partial charge in [0.05, 0.1) is 11.4 Å². The van der Waals surface area contributed by atoms with Crippen molar-refractivity contribution >= 4 is 0 Å². The van der Waals surface area contributed by atoms with Gasteiger partial charge in [0, 0.05) is 22.1 Å². The lowest BCUT2D eigenvalue weighted by atomic mass is 9.68. The highest BCUT2D eigenvalue weighted by molar-refractivity contribution is 5.86. The third-order valence-corrected chi connectivity index (χ3v) is 11.7. The molecule has 0 aliphatic heterocycles. The lowest BCUT2D eigenvalue weighted by molar-refractivity contribution is 0.353. The van der Waals surface area contributed by atoms with Crippen LogP contribution in [0, 0.1) is 0 Å². The van der Waals surface area contributed by atoms with Crippen molar-refractivity contribution < 1.29 is 0 Å². The predicted molar refractivity (Wildman–Crippen MR) is 224 cm³/mol. The van der Waals surface area contributed by atoms with E-state index in [1.165, 1.54) is 82.2 Å². The molecule has 0 unspecified atom stereocenters. The normalized spacial score (nSPS) is 14.1. The van der Waals surface area contributed by atoms with Gasteiger partial charge in [-0.2, -0.15) is 0 Å². The van der Waals surface area contributed by atoms with Crippen molar-refractivity contribution in [2.75, 3.05) is 0 Å². The third-order valence-electron chi connectivity index (χ3n) is 11.7. The van der Waals surface area contributed by atoms with Crippen molar-refractivity contribution in [1.82, 2.24) is 9.97 Å². The van der Waals surface area contributed by atoms with E-state index in [-0.39, 0.29) is 5.41 Å². The van der Waals surface area contributed by atoms with E-state index in [0.29, 0.717) is 0 Å². The van der Waals surface area contributed by atoms with E-state index in [1.54, 1.807) is 5.56 Å². The number of aromatic nitrogens is 2. The first-order valence-corrected chi connectivity index (χ1v) is 19.3. The monoisotopic (exact) mass is 692 g/mol. The van der Waals surface area contributed by atoms with Crippen LogP contribution < -0.4 is 0 Å². The third kappa shape index (κ3) is 5.76. The number of hydrogen-bond donors (Lipinski definition) is 0. The minimum atomic E-state index is 0.186. The molecular formula is C52H40N2. The highest BCUT2D eigenvalue weighted by Gasteiger charge is 2.43. The van der Waals surface area contributed by atoms with E-state index >= 15 is 0 Å². The van der Waals surface area contributed by atoms with Crippen LogP contribution in [0.1, 0.15) is 43.2 Å². The number of nitrogens with zero attached hydrogens (tertiary/aromatic N) is 2. The van der Waals surface area contributed by atoms with E-state index in [1.807, 2.05) is 24.3 Å². The van der Waals surface area contributed by atoms with Gasteiger partial charge in [0.2, 0.25) is 0 Å². The van der Waals surface area contributed by atoms with E-state index < -0.39 is 0 Å². The summed E-state index contributed by atoms with van der Waals surface area (Å²) in [5.41, 5.74) is 18.3. The van der Waals surface area contributed by atoms with Crippen LogP contribution in [0.25, 0.3) is 78.4 Å². The maximum atomic E-state index is 5.09. The molecule has 0 saturated heterocycles. The molecule has 0 N–H and O–H groups in total. The first-order chi connectivity index (χ1) is 26.7. The summed E-state index contributed by atoms with van der Waals surface area (Å²) in [6, 6.07) is 65.7. The van der Waals surface area contributed by atoms with Crippen LogP contribution in [0.15, 0.2) is 182 Å². The Hall–Kier alpha value is -6.38. The number of hydrogen-bond acceptors (Lipinski definition) is 2. The molecule has 1 heterocycles. The van der Waals surface area contributed by atoms with Gasteiger partial charge < -0.3 is 0 Å². The molecule has 1 saturated carbocycles. The molecular weight excluding hydrogens is 653 g/mol. The summed E-state index contributed by atoms with van der Waals surface area (Å²) in [4.78, 5) is 10.1. The molecule has 2 nitrogen and oxygen atoms in total. The van der Waals surface area contributed by atoms with Gasteiger partial charge in [-0.1, -0.05) is 183 Å². The Morgan fingerprint density at radius 1 is 0.315 bits per heavy atom. The van der Waals surface area contributed by atoms with Gasteiger partial charge in [-0.05, 0) is 86.7 Å². The summed E-state index contributed by atoms with van der Waals surface area (Å²) < 4.78 is 0. The summed E-state index contributed by atoms with van der Waals surface area (Å²) in [7, 11) is 0. The quantitative estimate of drug-likeness (QED) is 0.173. The number of fused-ring (bicyclic) bond motifs is 5. The van der Waals surface area contributed by atoms with E-state index in [4.69, 9.17) is 9.97 Å². The number of benzene rings is 7. The second kappa shape index (κ2) is 13.5. The lowest BCUT2D eigenvalue weighted by Gasteiger charge is -2.36. The fourth-order valence-corrected chi connectivity index (χ4v) is 8.97. The Bertz CT molecular complexity index is 2600. The van der Waals surface area contributed by atoms with Crippen LogP contribution in [0.5, 0.6) is 0 Å². The van der Waals surface area contributed by atoms with Crippen LogP contribution in [0.4, 0.5) is 0 Å². The molecule has 10 rings (SSSR count). The average Bonchev–Trinajstić information content (AvgIpc) is 3.52. The van der Waals surface area contributed by atoms with Crippen molar-refractivity contribution in [3.05, 3.63) is 193 Å². The SMILES string of the molecule is c1ccc(-c2ccc(-c3cc(-c4ccc(-c5cccc(-c6ccc7c(c6)-c6ccccc6C76CCCCC6)c5)cc4)nc(-c4ccccc4)n3)cc2)cc1. The molecule has 1 fully saturated rings. The zero-order valence-corrected chi connectivity index (χ0v) is 30.3. The maximum absolute atomic E-state index is 5.09. The van der Waals surface area contributed by atoms with Gasteiger partial charge in [0.25, 0.3) is 0 Å². The van der Waals surface area contributed by atoms with Crippen molar-refractivity contribution in [2.24, 2.45) is 0 Å². The summed E-state index contributed by atoms with van der Waals surface area (Å²) in [5, 5.41) is 0. The summed E-state index contributed by atoms with van der Waals surface area (Å²) in [6.07, 6.45) is 6.49. The van der Waals surface area contributed by atoms with Crippen LogP contribution in [-0.4, -0.2) is 9.97 Å². The standard InChI is InChI=1S/C52H40N2/c1-4-13-36(14-5-1)37-21-25-39(26-22-37)49-35-50(54-51(53-49)41-15-6-2-7-16-41)40-27-23-38(24-28-40)42-17-12-18-43(33-42)44-29-30-48-46(34-44)45-19-8-9-20-47(45)52(48)31-10-3-11-32-52/h1-2,4-9,12-30,33-35H,3,10-11,31-32H2. The fraction of sp³-hybridized carbons (Fsp3) is 0.115. The number of rotatable bonds is 6. The minimum Gasteiger partial charge on any atom is -0.228 e. The van der Waals surface area contributed by atoms with Gasteiger partial charge in [0.1, 0.15) is 0 Å².